The van der Waals surface area contributed by atoms with E-state index in [0.29, 0.717) is 12.5 Å². The Balaban J connectivity index is 1.81. The van der Waals surface area contributed by atoms with Gasteiger partial charge >= 0.3 is 12.4 Å². The summed E-state index contributed by atoms with van der Waals surface area (Å²) in [7, 11) is 0. The molecule has 32 heavy (non-hydrogen) atoms. The lowest BCUT2D eigenvalue weighted by atomic mass is 10.0. The third kappa shape index (κ3) is 5.81. The van der Waals surface area contributed by atoms with E-state index in [2.05, 4.69) is 0 Å². The number of hydrogen-bond donors (Lipinski definition) is 1. The van der Waals surface area contributed by atoms with Crippen molar-refractivity contribution >= 4 is 11.6 Å². The molecule has 0 aliphatic carbocycles. The fourth-order valence-corrected chi connectivity index (χ4v) is 3.01. The topological polar surface area (TPSA) is 38.3 Å². The van der Waals surface area contributed by atoms with E-state index in [1.54, 1.807) is 0 Å². The summed E-state index contributed by atoms with van der Waals surface area (Å²) in [6, 6.07) is 15.9. The van der Waals surface area contributed by atoms with Crippen LogP contribution in [0.4, 0.5) is 32.0 Å². The molecule has 0 spiro atoms. The minimum atomic E-state index is -4.92. The fourth-order valence-electron chi connectivity index (χ4n) is 3.01. The highest BCUT2D eigenvalue weighted by Crippen LogP contribution is 2.37. The third-order valence-electron chi connectivity index (χ3n) is 4.52. The van der Waals surface area contributed by atoms with E-state index in [4.69, 9.17) is 4.74 Å². The smallest absolute Gasteiger partial charge is 0.418 e. The van der Waals surface area contributed by atoms with E-state index in [1.807, 2.05) is 35.6 Å². The molecule has 0 aromatic heterocycles. The molecule has 0 saturated carbocycles. The van der Waals surface area contributed by atoms with Crippen molar-refractivity contribution in [2.24, 2.45) is 0 Å². The Kier molecular flexibility index (Phi) is 6.76. The summed E-state index contributed by atoms with van der Waals surface area (Å²) in [6.07, 6.45) is -9.25. The monoisotopic (exact) mass is 453 g/mol. The van der Waals surface area contributed by atoms with Crippen molar-refractivity contribution in [1.82, 2.24) is 0 Å². The van der Waals surface area contributed by atoms with Gasteiger partial charge in [-0.25, -0.2) is 0 Å². The maximum atomic E-state index is 13.6. The van der Waals surface area contributed by atoms with Gasteiger partial charge in [-0.1, -0.05) is 42.5 Å². The van der Waals surface area contributed by atoms with Gasteiger partial charge in [0.15, 0.2) is 0 Å². The van der Waals surface area contributed by atoms with Crippen molar-refractivity contribution in [3.8, 4) is 5.75 Å². The van der Waals surface area contributed by atoms with Crippen molar-refractivity contribution in [2.45, 2.75) is 18.8 Å². The van der Waals surface area contributed by atoms with Crippen LogP contribution in [0.15, 0.2) is 72.8 Å². The predicted octanol–water partition coefficient (Wildman–Crippen LogP) is 6.60. The molecule has 0 saturated heterocycles. The lowest BCUT2D eigenvalue weighted by Crippen LogP contribution is -2.21. The summed E-state index contributed by atoms with van der Waals surface area (Å²) in [4.78, 5) is 12.5. The van der Waals surface area contributed by atoms with Gasteiger partial charge in [-0.05, 0) is 35.9 Å². The average molecular weight is 453 g/mol. The molecule has 0 aliphatic heterocycles. The molecule has 0 radical (unpaired) electrons. The number of para-hydroxylation sites is 1. The van der Waals surface area contributed by atoms with Crippen molar-refractivity contribution in [2.75, 3.05) is 11.9 Å². The second-order valence-electron chi connectivity index (χ2n) is 6.79. The molecule has 1 amide bonds. The molecule has 3 rings (SSSR count). The maximum absolute atomic E-state index is 13.6. The number of ether oxygens (including phenoxy) is 1. The number of amides is 1. The highest BCUT2D eigenvalue weighted by Gasteiger charge is 2.37. The van der Waals surface area contributed by atoms with Crippen LogP contribution in [0.3, 0.4) is 0 Å². The summed E-state index contributed by atoms with van der Waals surface area (Å²) in [5.41, 5.74) is -2.99. The average Bonchev–Trinajstić information content (AvgIpc) is 2.73. The number of benzene rings is 3. The van der Waals surface area contributed by atoms with Gasteiger partial charge in [-0.2, -0.15) is 26.3 Å². The van der Waals surface area contributed by atoms with Crippen LogP contribution in [0.2, 0.25) is 0 Å². The van der Waals surface area contributed by atoms with Crippen LogP contribution in [0.1, 0.15) is 27.0 Å². The number of rotatable bonds is 6. The molecule has 3 aromatic rings. The van der Waals surface area contributed by atoms with E-state index in [-0.39, 0.29) is 12.4 Å². The summed E-state index contributed by atoms with van der Waals surface area (Å²) in [5, 5.41) is 1.93. The molecule has 168 valence electrons. The number of carbonyl (C=O) groups is 1. The maximum Gasteiger partial charge on any atom is 0.418 e. The molecular weight excluding hydrogens is 436 g/mol. The van der Waals surface area contributed by atoms with Crippen LogP contribution < -0.4 is 10.1 Å². The molecule has 0 heterocycles. The Morgan fingerprint density at radius 3 is 2.06 bits per heavy atom. The first-order chi connectivity index (χ1) is 15.1. The Labute approximate surface area is 179 Å². The molecule has 9 heteroatoms. The van der Waals surface area contributed by atoms with Crippen LogP contribution in [-0.4, -0.2) is 12.5 Å². The molecule has 0 atom stereocenters. The van der Waals surface area contributed by atoms with E-state index >= 15 is 0 Å². The normalized spacial score (nSPS) is 11.8. The summed E-state index contributed by atoms with van der Waals surface area (Å²) >= 11 is 0. The Hall–Kier alpha value is -3.49. The minimum absolute atomic E-state index is 0.103. The molecule has 3 nitrogen and oxygen atoms in total. The number of halogens is 6. The largest absolute Gasteiger partial charge is 0.493 e. The minimum Gasteiger partial charge on any atom is -0.493 e. The Morgan fingerprint density at radius 1 is 0.781 bits per heavy atom. The Morgan fingerprint density at radius 2 is 1.41 bits per heavy atom. The fraction of sp³-hybridized carbons (Fsp3) is 0.174. The van der Waals surface area contributed by atoms with Crippen molar-refractivity contribution in [1.29, 1.82) is 0 Å². The van der Waals surface area contributed by atoms with Crippen molar-refractivity contribution < 1.29 is 35.9 Å². The van der Waals surface area contributed by atoms with E-state index < -0.39 is 40.6 Å². The number of nitrogens with one attached hydrogen (secondary N) is 1. The van der Waals surface area contributed by atoms with Crippen molar-refractivity contribution in [3.05, 3.63) is 95.1 Å². The van der Waals surface area contributed by atoms with Crippen LogP contribution >= 0.6 is 0 Å². The van der Waals surface area contributed by atoms with E-state index in [1.165, 1.54) is 12.1 Å². The van der Waals surface area contributed by atoms with Crippen molar-refractivity contribution in [3.63, 3.8) is 0 Å². The molecule has 0 aliphatic rings. The van der Waals surface area contributed by atoms with Gasteiger partial charge in [0.25, 0.3) is 5.91 Å². The number of alkyl halides is 6. The first-order valence-corrected chi connectivity index (χ1v) is 9.41. The first-order valence-electron chi connectivity index (χ1n) is 9.41. The van der Waals surface area contributed by atoms with Crippen LogP contribution in [-0.2, 0) is 18.8 Å². The zero-order valence-corrected chi connectivity index (χ0v) is 16.4. The molecular formula is C23H17F6NO2. The molecule has 0 unspecified atom stereocenters. The van der Waals surface area contributed by atoms with Crippen LogP contribution in [0, 0.1) is 0 Å². The summed E-state index contributed by atoms with van der Waals surface area (Å²) in [6.45, 7) is 0.103. The highest BCUT2D eigenvalue weighted by atomic mass is 19.4. The van der Waals surface area contributed by atoms with Gasteiger partial charge in [0.1, 0.15) is 5.75 Å². The van der Waals surface area contributed by atoms with Gasteiger partial charge in [0.2, 0.25) is 0 Å². The van der Waals surface area contributed by atoms with Crippen LogP contribution in [0.5, 0.6) is 5.75 Å². The quantitative estimate of drug-likeness (QED) is 0.427. The first kappa shape index (κ1) is 23.2. The van der Waals surface area contributed by atoms with Gasteiger partial charge < -0.3 is 10.1 Å². The number of anilines is 1. The second kappa shape index (κ2) is 9.33. The lowest BCUT2D eigenvalue weighted by molar-refractivity contribution is -0.138. The molecule has 0 fully saturated rings. The summed E-state index contributed by atoms with van der Waals surface area (Å²) in [5.74, 6) is -1.43. The SMILES string of the molecule is O=C(Nc1ccccc1C(F)(F)F)c1ccc(OCCc2ccccc2)cc1C(F)(F)F. The zero-order valence-electron chi connectivity index (χ0n) is 16.4. The standard InChI is InChI=1S/C23H17F6NO2/c24-22(25,26)18-8-4-5-9-20(18)30-21(31)17-11-10-16(14-19(17)23(27,28)29)32-13-12-15-6-2-1-3-7-15/h1-11,14H,12-13H2,(H,30,31). The van der Waals surface area contributed by atoms with Gasteiger partial charge in [0, 0.05) is 6.42 Å². The van der Waals surface area contributed by atoms with Gasteiger partial charge in [-0.3, -0.25) is 4.79 Å². The highest BCUT2D eigenvalue weighted by molar-refractivity contribution is 6.06. The van der Waals surface area contributed by atoms with Gasteiger partial charge in [0.05, 0.1) is 29.0 Å². The summed E-state index contributed by atoms with van der Waals surface area (Å²) < 4.78 is 85.4. The second-order valence-corrected chi connectivity index (χ2v) is 6.79. The Bertz CT molecular complexity index is 1080. The zero-order chi connectivity index (χ0) is 23.4. The number of hydrogen-bond acceptors (Lipinski definition) is 2. The molecule has 3 aromatic carbocycles. The van der Waals surface area contributed by atoms with E-state index in [9.17, 15) is 31.1 Å². The molecule has 0 bridgehead atoms. The third-order valence-corrected chi connectivity index (χ3v) is 4.52. The lowest BCUT2D eigenvalue weighted by Gasteiger charge is -2.17. The predicted molar refractivity (Wildman–Crippen MR) is 106 cm³/mol. The number of carbonyl (C=O) groups excluding carboxylic acids is 1. The van der Waals surface area contributed by atoms with Crippen LogP contribution in [0.25, 0.3) is 0 Å². The molecule has 1 N–H and O–H groups in total. The van der Waals surface area contributed by atoms with E-state index in [0.717, 1.165) is 29.8 Å². The van der Waals surface area contributed by atoms with Gasteiger partial charge in [-0.15, -0.1) is 0 Å².